The molecular formula is C15H23ClN2O. The lowest BCUT2D eigenvalue weighted by molar-refractivity contribution is -0.0348. The van der Waals surface area contributed by atoms with E-state index >= 15 is 0 Å². The van der Waals surface area contributed by atoms with Gasteiger partial charge < -0.3 is 10.5 Å². The van der Waals surface area contributed by atoms with Gasteiger partial charge in [-0.15, -0.1) is 0 Å². The van der Waals surface area contributed by atoms with Crippen molar-refractivity contribution in [2.75, 3.05) is 19.8 Å². The van der Waals surface area contributed by atoms with Gasteiger partial charge in [0.1, 0.15) is 0 Å². The summed E-state index contributed by atoms with van der Waals surface area (Å²) < 4.78 is 5.58. The van der Waals surface area contributed by atoms with Crippen molar-refractivity contribution in [1.82, 2.24) is 4.90 Å². The monoisotopic (exact) mass is 282 g/mol. The maximum absolute atomic E-state index is 6.36. The zero-order valence-corrected chi connectivity index (χ0v) is 12.4. The van der Waals surface area contributed by atoms with Crippen LogP contribution in [0.25, 0.3) is 0 Å². The van der Waals surface area contributed by atoms with E-state index < -0.39 is 0 Å². The van der Waals surface area contributed by atoms with Crippen LogP contribution in [0.4, 0.5) is 0 Å². The molecule has 19 heavy (non-hydrogen) atoms. The number of hydrogen-bond acceptors (Lipinski definition) is 3. The Labute approximate surface area is 120 Å². The highest BCUT2D eigenvalue weighted by Gasteiger charge is 2.32. The van der Waals surface area contributed by atoms with E-state index in [1.807, 2.05) is 18.2 Å². The van der Waals surface area contributed by atoms with Crippen LogP contribution in [0.3, 0.4) is 0 Å². The van der Waals surface area contributed by atoms with Gasteiger partial charge in [0.2, 0.25) is 0 Å². The Kier molecular flexibility index (Phi) is 5.22. The van der Waals surface area contributed by atoms with Gasteiger partial charge in [0, 0.05) is 23.7 Å². The summed E-state index contributed by atoms with van der Waals surface area (Å²) in [5, 5.41) is 0.797. The molecular weight excluding hydrogens is 260 g/mol. The van der Waals surface area contributed by atoms with Crippen molar-refractivity contribution >= 4 is 11.6 Å². The molecule has 1 aromatic carbocycles. The molecule has 3 atom stereocenters. The third-order valence-electron chi connectivity index (χ3n) is 3.82. The average Bonchev–Trinajstić information content (AvgIpc) is 2.41. The molecule has 106 valence electrons. The Morgan fingerprint density at radius 2 is 2.21 bits per heavy atom. The van der Waals surface area contributed by atoms with Gasteiger partial charge in [-0.05, 0) is 25.0 Å². The van der Waals surface area contributed by atoms with E-state index in [0.29, 0.717) is 6.04 Å². The molecule has 0 saturated carbocycles. The molecule has 0 spiro atoms. The molecule has 0 radical (unpaired) electrons. The van der Waals surface area contributed by atoms with Gasteiger partial charge in [-0.25, -0.2) is 0 Å². The second kappa shape index (κ2) is 6.71. The number of hydrogen-bond donors (Lipinski definition) is 1. The normalized spacial score (nSPS) is 24.1. The highest BCUT2D eigenvalue weighted by Crippen LogP contribution is 2.32. The van der Waals surface area contributed by atoms with Crippen molar-refractivity contribution < 1.29 is 4.74 Å². The summed E-state index contributed by atoms with van der Waals surface area (Å²) in [5.74, 6) is 0. The van der Waals surface area contributed by atoms with Crippen LogP contribution in [-0.2, 0) is 4.74 Å². The lowest BCUT2D eigenvalue weighted by atomic mass is 9.96. The highest BCUT2D eigenvalue weighted by atomic mass is 35.5. The van der Waals surface area contributed by atoms with Crippen LogP contribution >= 0.6 is 11.6 Å². The van der Waals surface area contributed by atoms with Gasteiger partial charge in [-0.3, -0.25) is 4.90 Å². The Morgan fingerprint density at radius 3 is 2.84 bits per heavy atom. The predicted octanol–water partition coefficient (Wildman–Crippen LogP) is 2.84. The summed E-state index contributed by atoms with van der Waals surface area (Å²) in [6.45, 7) is 6.71. The second-order valence-electron chi connectivity index (χ2n) is 5.20. The van der Waals surface area contributed by atoms with Crippen LogP contribution in [0.15, 0.2) is 24.3 Å². The predicted molar refractivity (Wildman–Crippen MR) is 79.4 cm³/mol. The lowest BCUT2D eigenvalue weighted by Crippen LogP contribution is -2.51. The van der Waals surface area contributed by atoms with Gasteiger partial charge in [0.15, 0.2) is 0 Å². The summed E-state index contributed by atoms with van der Waals surface area (Å²) in [4.78, 5) is 2.45. The molecule has 1 aliphatic heterocycles. The summed E-state index contributed by atoms with van der Waals surface area (Å²) in [5.41, 5.74) is 7.37. The van der Waals surface area contributed by atoms with Crippen LogP contribution in [0, 0.1) is 0 Å². The third-order valence-corrected chi connectivity index (χ3v) is 4.17. The van der Waals surface area contributed by atoms with Gasteiger partial charge in [-0.1, -0.05) is 36.7 Å². The zero-order valence-electron chi connectivity index (χ0n) is 11.7. The number of rotatable bonds is 4. The highest BCUT2D eigenvalue weighted by molar-refractivity contribution is 6.31. The molecule has 0 aliphatic carbocycles. The van der Waals surface area contributed by atoms with Crippen LogP contribution in [0.5, 0.6) is 0 Å². The van der Waals surface area contributed by atoms with Crippen LogP contribution in [-0.4, -0.2) is 36.7 Å². The minimum absolute atomic E-state index is 0.0343. The maximum atomic E-state index is 6.36. The molecule has 4 heteroatoms. The topological polar surface area (TPSA) is 38.5 Å². The quantitative estimate of drug-likeness (QED) is 0.923. The fourth-order valence-electron chi connectivity index (χ4n) is 2.87. The number of nitrogens with zero attached hydrogens (tertiary/aromatic N) is 1. The molecule has 1 aliphatic rings. The minimum atomic E-state index is 0.0343. The first-order valence-electron chi connectivity index (χ1n) is 6.98. The Balaban J connectivity index is 2.32. The molecule has 2 rings (SSSR count). The van der Waals surface area contributed by atoms with Gasteiger partial charge in [0.05, 0.1) is 19.3 Å². The average molecular weight is 283 g/mol. The zero-order chi connectivity index (χ0) is 13.8. The van der Waals surface area contributed by atoms with E-state index in [-0.39, 0.29) is 12.1 Å². The van der Waals surface area contributed by atoms with E-state index in [1.165, 1.54) is 0 Å². The Morgan fingerprint density at radius 1 is 1.47 bits per heavy atom. The van der Waals surface area contributed by atoms with E-state index in [1.54, 1.807) is 0 Å². The fraction of sp³-hybridized carbons (Fsp3) is 0.600. The van der Waals surface area contributed by atoms with Crippen LogP contribution in [0.1, 0.15) is 31.9 Å². The van der Waals surface area contributed by atoms with Crippen molar-refractivity contribution in [2.24, 2.45) is 5.73 Å². The SMILES string of the molecule is CCC1COCCN1C(c1ccccc1Cl)C(C)N. The Hall–Kier alpha value is -0.610. The van der Waals surface area contributed by atoms with Crippen molar-refractivity contribution in [1.29, 1.82) is 0 Å². The van der Waals surface area contributed by atoms with Gasteiger partial charge >= 0.3 is 0 Å². The number of benzene rings is 1. The van der Waals surface area contributed by atoms with E-state index in [4.69, 9.17) is 22.1 Å². The lowest BCUT2D eigenvalue weighted by Gasteiger charge is -2.42. The summed E-state index contributed by atoms with van der Waals surface area (Å²) in [6, 6.07) is 8.61. The molecule has 0 amide bonds. The second-order valence-corrected chi connectivity index (χ2v) is 5.61. The van der Waals surface area contributed by atoms with Gasteiger partial charge in [0.25, 0.3) is 0 Å². The molecule has 0 bridgehead atoms. The van der Waals surface area contributed by atoms with Crippen molar-refractivity contribution in [2.45, 2.75) is 38.4 Å². The number of morpholine rings is 1. The molecule has 0 aromatic heterocycles. The van der Waals surface area contributed by atoms with E-state index in [0.717, 1.165) is 36.8 Å². The summed E-state index contributed by atoms with van der Waals surface area (Å²) in [6.07, 6.45) is 1.06. The first kappa shape index (κ1) is 14.8. The fourth-order valence-corrected chi connectivity index (χ4v) is 3.11. The van der Waals surface area contributed by atoms with E-state index in [2.05, 4.69) is 24.8 Å². The number of ether oxygens (including phenoxy) is 1. The first-order valence-corrected chi connectivity index (χ1v) is 7.36. The first-order chi connectivity index (χ1) is 9.15. The molecule has 1 saturated heterocycles. The summed E-state index contributed by atoms with van der Waals surface area (Å²) in [7, 11) is 0. The van der Waals surface area contributed by atoms with Crippen LogP contribution < -0.4 is 5.73 Å². The largest absolute Gasteiger partial charge is 0.378 e. The molecule has 3 unspecified atom stereocenters. The number of halogens is 1. The number of nitrogens with two attached hydrogens (primary N) is 1. The summed E-state index contributed by atoms with van der Waals surface area (Å²) >= 11 is 6.36. The standard InChI is InChI=1S/C15H23ClN2O/c1-3-12-10-19-9-8-18(12)15(11(2)17)13-6-4-5-7-14(13)16/h4-7,11-12,15H,3,8-10,17H2,1-2H3. The van der Waals surface area contributed by atoms with Crippen molar-refractivity contribution in [3.8, 4) is 0 Å². The minimum Gasteiger partial charge on any atom is -0.378 e. The van der Waals surface area contributed by atoms with Crippen LogP contribution in [0.2, 0.25) is 5.02 Å². The third kappa shape index (κ3) is 3.29. The molecule has 2 N–H and O–H groups in total. The van der Waals surface area contributed by atoms with E-state index in [9.17, 15) is 0 Å². The smallest absolute Gasteiger partial charge is 0.0622 e. The maximum Gasteiger partial charge on any atom is 0.0622 e. The van der Waals surface area contributed by atoms with Gasteiger partial charge in [-0.2, -0.15) is 0 Å². The molecule has 1 heterocycles. The molecule has 1 aromatic rings. The molecule has 1 fully saturated rings. The van der Waals surface area contributed by atoms with Crippen molar-refractivity contribution in [3.05, 3.63) is 34.9 Å². The Bertz CT molecular complexity index is 411. The molecule has 3 nitrogen and oxygen atoms in total. The van der Waals surface area contributed by atoms with Crippen molar-refractivity contribution in [3.63, 3.8) is 0 Å².